The van der Waals surface area contributed by atoms with E-state index < -0.39 is 0 Å². The number of ether oxygens (including phenoxy) is 2. The van der Waals surface area contributed by atoms with E-state index in [0.717, 1.165) is 11.1 Å². The Morgan fingerprint density at radius 1 is 1.14 bits per heavy atom. The van der Waals surface area contributed by atoms with Gasteiger partial charge in [0.1, 0.15) is 0 Å². The van der Waals surface area contributed by atoms with Gasteiger partial charge in [-0.15, -0.1) is 0 Å². The third-order valence-electron chi connectivity index (χ3n) is 4.38. The highest BCUT2D eigenvalue weighted by Crippen LogP contribution is 2.28. The van der Waals surface area contributed by atoms with Gasteiger partial charge in [-0.25, -0.2) is 0 Å². The summed E-state index contributed by atoms with van der Waals surface area (Å²) >= 11 is 6.20. The van der Waals surface area contributed by atoms with Gasteiger partial charge in [0.25, 0.3) is 5.91 Å². The molecule has 1 amide bonds. The van der Waals surface area contributed by atoms with Gasteiger partial charge in [0.15, 0.2) is 11.5 Å². The monoisotopic (exact) mass is 399 g/mol. The zero-order valence-corrected chi connectivity index (χ0v) is 16.8. The summed E-state index contributed by atoms with van der Waals surface area (Å²) in [6.07, 6.45) is 3.31. The number of aromatic nitrogens is 2. The van der Waals surface area contributed by atoms with Crippen LogP contribution in [0.4, 0.5) is 0 Å². The number of rotatable bonds is 7. The summed E-state index contributed by atoms with van der Waals surface area (Å²) in [4.78, 5) is 14.4. The average Bonchev–Trinajstić information content (AvgIpc) is 3.17. The SMILES string of the molecule is COc1ccc(CN(C)C(=O)c2cnn(Cc3ccccc3Cl)c2)cc1OC. The van der Waals surface area contributed by atoms with Gasteiger partial charge < -0.3 is 14.4 Å². The number of amides is 1. The van der Waals surface area contributed by atoms with Crippen molar-refractivity contribution in [2.45, 2.75) is 13.1 Å². The van der Waals surface area contributed by atoms with E-state index in [2.05, 4.69) is 5.10 Å². The molecule has 0 N–H and O–H groups in total. The third kappa shape index (κ3) is 4.46. The minimum atomic E-state index is -0.111. The first-order valence-electron chi connectivity index (χ1n) is 8.74. The van der Waals surface area contributed by atoms with Gasteiger partial charge in [0, 0.05) is 24.8 Å². The van der Waals surface area contributed by atoms with Gasteiger partial charge in [-0.3, -0.25) is 9.48 Å². The summed E-state index contributed by atoms with van der Waals surface area (Å²) in [5, 5.41) is 4.96. The molecule has 0 aliphatic carbocycles. The van der Waals surface area contributed by atoms with Crippen molar-refractivity contribution in [3.8, 4) is 11.5 Å². The molecule has 28 heavy (non-hydrogen) atoms. The Kier molecular flexibility index (Phi) is 6.21. The van der Waals surface area contributed by atoms with E-state index in [9.17, 15) is 4.79 Å². The number of benzene rings is 2. The lowest BCUT2D eigenvalue weighted by Gasteiger charge is -2.17. The van der Waals surface area contributed by atoms with Crippen molar-refractivity contribution < 1.29 is 14.3 Å². The molecule has 3 rings (SSSR count). The zero-order valence-electron chi connectivity index (χ0n) is 16.1. The number of carbonyl (C=O) groups is 1. The molecular formula is C21H22ClN3O3. The van der Waals surface area contributed by atoms with Crippen LogP contribution in [0.25, 0.3) is 0 Å². The smallest absolute Gasteiger partial charge is 0.257 e. The maximum Gasteiger partial charge on any atom is 0.257 e. The van der Waals surface area contributed by atoms with Gasteiger partial charge in [-0.1, -0.05) is 35.9 Å². The van der Waals surface area contributed by atoms with Crippen LogP contribution in [0.1, 0.15) is 21.5 Å². The lowest BCUT2D eigenvalue weighted by atomic mass is 10.2. The summed E-state index contributed by atoms with van der Waals surface area (Å²) in [5.74, 6) is 1.18. The number of halogens is 1. The summed E-state index contributed by atoms with van der Waals surface area (Å²) in [5.41, 5.74) is 2.41. The highest BCUT2D eigenvalue weighted by atomic mass is 35.5. The molecule has 6 nitrogen and oxygen atoms in total. The van der Waals surface area contributed by atoms with Gasteiger partial charge in [0.05, 0.1) is 32.5 Å². The molecule has 0 bridgehead atoms. The minimum Gasteiger partial charge on any atom is -0.493 e. The van der Waals surface area contributed by atoms with Crippen molar-refractivity contribution in [2.24, 2.45) is 0 Å². The molecule has 0 fully saturated rings. The van der Waals surface area contributed by atoms with Gasteiger partial charge in [0.2, 0.25) is 0 Å². The molecule has 0 spiro atoms. The summed E-state index contributed by atoms with van der Waals surface area (Å²) < 4.78 is 12.3. The highest BCUT2D eigenvalue weighted by molar-refractivity contribution is 6.31. The largest absolute Gasteiger partial charge is 0.493 e. The minimum absolute atomic E-state index is 0.111. The molecule has 1 heterocycles. The fourth-order valence-electron chi connectivity index (χ4n) is 2.91. The van der Waals surface area contributed by atoms with Crippen LogP contribution in [-0.2, 0) is 13.1 Å². The van der Waals surface area contributed by atoms with Crippen molar-refractivity contribution >= 4 is 17.5 Å². The van der Waals surface area contributed by atoms with Crippen LogP contribution in [-0.4, -0.2) is 41.9 Å². The first kappa shape index (κ1) is 19.8. The van der Waals surface area contributed by atoms with Crippen LogP contribution in [0.3, 0.4) is 0 Å². The van der Waals surface area contributed by atoms with Crippen LogP contribution in [0, 0.1) is 0 Å². The van der Waals surface area contributed by atoms with E-state index >= 15 is 0 Å². The van der Waals surface area contributed by atoms with E-state index in [0.29, 0.717) is 35.2 Å². The zero-order chi connectivity index (χ0) is 20.1. The fourth-order valence-corrected chi connectivity index (χ4v) is 3.10. The van der Waals surface area contributed by atoms with Crippen LogP contribution in [0.5, 0.6) is 11.5 Å². The molecule has 0 radical (unpaired) electrons. The van der Waals surface area contributed by atoms with E-state index in [1.807, 2.05) is 42.5 Å². The highest BCUT2D eigenvalue weighted by Gasteiger charge is 2.15. The second-order valence-corrected chi connectivity index (χ2v) is 6.78. The van der Waals surface area contributed by atoms with Crippen LogP contribution in [0.15, 0.2) is 54.9 Å². The molecule has 0 aliphatic rings. The van der Waals surface area contributed by atoms with Gasteiger partial charge in [-0.2, -0.15) is 5.10 Å². The normalized spacial score (nSPS) is 10.6. The van der Waals surface area contributed by atoms with Crippen LogP contribution in [0.2, 0.25) is 5.02 Å². The lowest BCUT2D eigenvalue weighted by Crippen LogP contribution is -2.25. The molecule has 0 saturated heterocycles. The maximum atomic E-state index is 12.7. The quantitative estimate of drug-likeness (QED) is 0.605. The fraction of sp³-hybridized carbons (Fsp3) is 0.238. The summed E-state index contributed by atoms with van der Waals surface area (Å²) in [6, 6.07) is 13.2. The molecule has 0 atom stereocenters. The Morgan fingerprint density at radius 3 is 2.61 bits per heavy atom. The molecular weight excluding hydrogens is 378 g/mol. The predicted octanol–water partition coefficient (Wildman–Crippen LogP) is 3.87. The Hall–Kier alpha value is -2.99. The molecule has 0 saturated carbocycles. The topological polar surface area (TPSA) is 56.6 Å². The maximum absolute atomic E-state index is 12.7. The van der Waals surface area contributed by atoms with Crippen molar-refractivity contribution in [3.05, 3.63) is 76.6 Å². The predicted molar refractivity (Wildman–Crippen MR) is 108 cm³/mol. The second-order valence-electron chi connectivity index (χ2n) is 6.37. The Bertz CT molecular complexity index is 971. The standard InChI is InChI=1S/C21H22ClN3O3/c1-24(12-15-8-9-19(27-2)20(10-15)28-3)21(26)17-11-23-25(14-17)13-16-6-4-5-7-18(16)22/h4-11,14H,12-13H2,1-3H3. The van der Waals surface area contributed by atoms with E-state index in [4.69, 9.17) is 21.1 Å². The van der Waals surface area contributed by atoms with Gasteiger partial charge >= 0.3 is 0 Å². The van der Waals surface area contributed by atoms with Crippen LogP contribution < -0.4 is 9.47 Å². The van der Waals surface area contributed by atoms with E-state index in [1.165, 1.54) is 0 Å². The molecule has 146 valence electrons. The Balaban J connectivity index is 1.69. The Labute approximate surface area is 169 Å². The first-order valence-corrected chi connectivity index (χ1v) is 9.12. The van der Waals surface area contributed by atoms with Crippen molar-refractivity contribution in [1.29, 1.82) is 0 Å². The number of methoxy groups -OCH3 is 2. The third-order valence-corrected chi connectivity index (χ3v) is 4.75. The molecule has 1 aromatic heterocycles. The number of carbonyl (C=O) groups excluding carboxylic acids is 1. The number of nitrogens with zero attached hydrogens (tertiary/aromatic N) is 3. The van der Waals surface area contributed by atoms with Crippen molar-refractivity contribution in [1.82, 2.24) is 14.7 Å². The van der Waals surface area contributed by atoms with Crippen LogP contribution >= 0.6 is 11.6 Å². The van der Waals surface area contributed by atoms with Gasteiger partial charge in [-0.05, 0) is 29.3 Å². The molecule has 3 aromatic rings. The molecule has 2 aromatic carbocycles. The number of hydrogen-bond donors (Lipinski definition) is 0. The lowest BCUT2D eigenvalue weighted by molar-refractivity contribution is 0.0785. The second kappa shape index (κ2) is 8.80. The van der Waals surface area contributed by atoms with Crippen molar-refractivity contribution in [3.63, 3.8) is 0 Å². The van der Waals surface area contributed by atoms with Crippen molar-refractivity contribution in [2.75, 3.05) is 21.3 Å². The summed E-state index contributed by atoms with van der Waals surface area (Å²) in [7, 11) is 4.93. The molecule has 7 heteroatoms. The average molecular weight is 400 g/mol. The first-order chi connectivity index (χ1) is 13.5. The Morgan fingerprint density at radius 2 is 1.89 bits per heavy atom. The summed E-state index contributed by atoms with van der Waals surface area (Å²) in [6.45, 7) is 0.946. The van der Waals surface area contributed by atoms with E-state index in [-0.39, 0.29) is 5.91 Å². The van der Waals surface area contributed by atoms with E-state index in [1.54, 1.807) is 43.2 Å². The molecule has 0 aliphatic heterocycles. The number of hydrogen-bond acceptors (Lipinski definition) is 4. The molecule has 0 unspecified atom stereocenters.